The van der Waals surface area contributed by atoms with Gasteiger partial charge in [0.2, 0.25) is 10.0 Å². The van der Waals surface area contributed by atoms with Gasteiger partial charge in [0, 0.05) is 33.2 Å². The van der Waals surface area contributed by atoms with E-state index in [0.717, 1.165) is 31.9 Å². The van der Waals surface area contributed by atoms with Crippen LogP contribution in [-0.2, 0) is 10.0 Å². The van der Waals surface area contributed by atoms with Gasteiger partial charge in [-0.1, -0.05) is 37.3 Å². The number of hydrogen-bond donors (Lipinski definition) is 2. The van der Waals surface area contributed by atoms with Gasteiger partial charge in [0.05, 0.1) is 5.75 Å². The third kappa shape index (κ3) is 5.99. The van der Waals surface area contributed by atoms with E-state index >= 15 is 0 Å². The van der Waals surface area contributed by atoms with Crippen LogP contribution in [0.15, 0.2) is 35.3 Å². The molecule has 6 nitrogen and oxygen atoms in total. The van der Waals surface area contributed by atoms with Gasteiger partial charge in [-0.15, -0.1) is 0 Å². The second-order valence-corrected chi connectivity index (χ2v) is 8.95. The molecule has 1 heterocycles. The first kappa shape index (κ1) is 20.7. The van der Waals surface area contributed by atoms with E-state index in [0.29, 0.717) is 24.9 Å². The predicted octanol–water partition coefficient (Wildman–Crippen LogP) is 2.02. The molecular weight excluding hydrogens is 348 g/mol. The highest BCUT2D eigenvalue weighted by Gasteiger charge is 2.28. The van der Waals surface area contributed by atoms with Crippen molar-refractivity contribution < 1.29 is 8.42 Å². The van der Waals surface area contributed by atoms with E-state index in [1.807, 2.05) is 0 Å². The van der Waals surface area contributed by atoms with Gasteiger partial charge in [0.1, 0.15) is 0 Å². The maximum absolute atomic E-state index is 11.4. The number of likely N-dealkylation sites (tertiary alicyclic amines) is 1. The summed E-state index contributed by atoms with van der Waals surface area (Å²) in [4.78, 5) is 6.71. The number of rotatable bonds is 7. The average Bonchev–Trinajstić information content (AvgIpc) is 2.65. The third-order valence-electron chi connectivity index (χ3n) is 4.98. The number of piperidine rings is 1. The van der Waals surface area contributed by atoms with E-state index in [9.17, 15) is 8.42 Å². The molecule has 1 aromatic rings. The van der Waals surface area contributed by atoms with Crippen LogP contribution in [0.25, 0.3) is 0 Å². The summed E-state index contributed by atoms with van der Waals surface area (Å²) in [5, 5.41) is 3.36. The zero-order valence-electron chi connectivity index (χ0n) is 16.1. The average molecular weight is 381 g/mol. The Labute approximate surface area is 158 Å². The number of nitrogens with zero attached hydrogens (tertiary/aromatic N) is 2. The second-order valence-electron chi connectivity index (χ2n) is 6.85. The normalized spacial score (nSPS) is 21.7. The fraction of sp³-hybridized carbons (Fsp3) is 0.632. The minimum Gasteiger partial charge on any atom is -0.356 e. The van der Waals surface area contributed by atoms with Gasteiger partial charge in [-0.25, -0.2) is 13.1 Å². The molecule has 0 bridgehead atoms. The van der Waals surface area contributed by atoms with Crippen LogP contribution in [0.2, 0.25) is 0 Å². The van der Waals surface area contributed by atoms with Crippen molar-refractivity contribution in [3.05, 3.63) is 35.9 Å². The van der Waals surface area contributed by atoms with Crippen molar-refractivity contribution in [1.29, 1.82) is 0 Å². The Balaban J connectivity index is 1.79. The largest absolute Gasteiger partial charge is 0.356 e. The van der Waals surface area contributed by atoms with Gasteiger partial charge < -0.3 is 10.2 Å². The topological polar surface area (TPSA) is 73.8 Å². The molecule has 2 N–H and O–H groups in total. The van der Waals surface area contributed by atoms with Crippen molar-refractivity contribution in [3.63, 3.8) is 0 Å². The van der Waals surface area contributed by atoms with Crippen LogP contribution in [-0.4, -0.2) is 58.3 Å². The number of sulfonamides is 1. The highest BCUT2D eigenvalue weighted by Crippen LogP contribution is 2.32. The molecule has 0 aromatic heterocycles. The lowest BCUT2D eigenvalue weighted by molar-refractivity contribution is 0.234. The molecule has 0 saturated carbocycles. The van der Waals surface area contributed by atoms with Crippen molar-refractivity contribution in [1.82, 2.24) is 14.9 Å². The summed E-state index contributed by atoms with van der Waals surface area (Å²) in [7, 11) is -1.30. The van der Waals surface area contributed by atoms with Crippen LogP contribution in [0.4, 0.5) is 0 Å². The molecule has 7 heteroatoms. The van der Waals surface area contributed by atoms with Crippen LogP contribution >= 0.6 is 0 Å². The molecule has 1 aliphatic rings. The summed E-state index contributed by atoms with van der Waals surface area (Å²) in [5.41, 5.74) is 1.42. The molecule has 2 atom stereocenters. The third-order valence-corrected chi connectivity index (χ3v) is 6.39. The lowest BCUT2D eigenvalue weighted by Crippen LogP contribution is -2.48. The molecule has 0 amide bonds. The Hall–Kier alpha value is -1.60. The molecule has 2 rings (SSSR count). The van der Waals surface area contributed by atoms with Gasteiger partial charge in [-0.2, -0.15) is 0 Å². The molecule has 0 radical (unpaired) electrons. The van der Waals surface area contributed by atoms with Crippen LogP contribution in [0.3, 0.4) is 0 Å². The van der Waals surface area contributed by atoms with Gasteiger partial charge in [0.15, 0.2) is 5.96 Å². The van der Waals surface area contributed by atoms with Gasteiger partial charge >= 0.3 is 0 Å². The maximum Gasteiger partial charge on any atom is 0.211 e. The summed E-state index contributed by atoms with van der Waals surface area (Å²) < 4.78 is 25.4. The quantitative estimate of drug-likeness (QED) is 0.431. The van der Waals surface area contributed by atoms with Crippen molar-refractivity contribution >= 4 is 16.0 Å². The summed E-state index contributed by atoms with van der Waals surface area (Å²) in [5.74, 6) is 2.17. The minimum atomic E-state index is -3.10. The summed E-state index contributed by atoms with van der Waals surface area (Å²) in [6.07, 6.45) is 1.84. The molecule has 1 aliphatic heterocycles. The molecule has 1 fully saturated rings. The SMILES string of the molecule is CCS(=O)(=O)NCCCNC(=NC)N1CCC(c2ccccc2)C(C)C1. The van der Waals surface area contributed by atoms with Crippen molar-refractivity contribution in [2.24, 2.45) is 10.9 Å². The molecule has 1 aromatic carbocycles. The first-order valence-corrected chi connectivity index (χ1v) is 11.1. The highest BCUT2D eigenvalue weighted by atomic mass is 32.2. The van der Waals surface area contributed by atoms with E-state index in [4.69, 9.17) is 0 Å². The molecule has 0 aliphatic carbocycles. The number of guanidine groups is 1. The van der Waals surface area contributed by atoms with Crippen LogP contribution in [0.1, 0.15) is 38.2 Å². The van der Waals surface area contributed by atoms with E-state index in [2.05, 4.69) is 57.2 Å². The molecule has 0 spiro atoms. The fourth-order valence-electron chi connectivity index (χ4n) is 3.48. The van der Waals surface area contributed by atoms with E-state index in [1.54, 1.807) is 14.0 Å². The second kappa shape index (κ2) is 9.92. The smallest absolute Gasteiger partial charge is 0.211 e. The summed E-state index contributed by atoms with van der Waals surface area (Å²) >= 11 is 0. The van der Waals surface area contributed by atoms with Crippen LogP contribution in [0, 0.1) is 5.92 Å². The Morgan fingerprint density at radius 1 is 1.27 bits per heavy atom. The molecule has 26 heavy (non-hydrogen) atoms. The van der Waals surface area contributed by atoms with Crippen molar-refractivity contribution in [2.75, 3.05) is 39.0 Å². The molecule has 1 saturated heterocycles. The zero-order valence-corrected chi connectivity index (χ0v) is 16.9. The number of aliphatic imine (C=N–C) groups is 1. The van der Waals surface area contributed by atoms with Crippen LogP contribution < -0.4 is 10.0 Å². The van der Waals surface area contributed by atoms with Gasteiger partial charge in [-0.05, 0) is 37.2 Å². The first-order chi connectivity index (χ1) is 12.5. The van der Waals surface area contributed by atoms with Gasteiger partial charge in [0.25, 0.3) is 0 Å². The Morgan fingerprint density at radius 2 is 2.00 bits per heavy atom. The number of benzene rings is 1. The monoisotopic (exact) mass is 380 g/mol. The standard InChI is InChI=1S/C19H32N4O2S/c1-4-26(24,25)22-13-8-12-21-19(20-3)23-14-11-18(16(2)15-23)17-9-6-5-7-10-17/h5-7,9-10,16,18,22H,4,8,11-15H2,1-3H3,(H,20,21). The number of hydrogen-bond acceptors (Lipinski definition) is 3. The van der Waals surface area contributed by atoms with Crippen molar-refractivity contribution in [2.45, 2.75) is 32.6 Å². The summed E-state index contributed by atoms with van der Waals surface area (Å²) in [6.45, 7) is 7.05. The summed E-state index contributed by atoms with van der Waals surface area (Å²) in [6, 6.07) is 10.7. The minimum absolute atomic E-state index is 0.121. The fourth-order valence-corrected chi connectivity index (χ4v) is 4.14. The van der Waals surface area contributed by atoms with E-state index in [-0.39, 0.29) is 5.75 Å². The molecule has 2 unspecified atom stereocenters. The molecule has 146 valence electrons. The Kier molecular flexibility index (Phi) is 7.90. The lowest BCUT2D eigenvalue weighted by atomic mass is 9.82. The van der Waals surface area contributed by atoms with Crippen LogP contribution in [0.5, 0.6) is 0 Å². The first-order valence-electron chi connectivity index (χ1n) is 9.44. The predicted molar refractivity (Wildman–Crippen MR) is 108 cm³/mol. The van der Waals surface area contributed by atoms with Gasteiger partial charge in [-0.3, -0.25) is 4.99 Å². The lowest BCUT2D eigenvalue weighted by Gasteiger charge is -2.39. The highest BCUT2D eigenvalue weighted by molar-refractivity contribution is 7.89. The van der Waals surface area contributed by atoms with E-state index in [1.165, 1.54) is 5.56 Å². The number of nitrogens with one attached hydrogen (secondary N) is 2. The Bertz CT molecular complexity index is 676. The maximum atomic E-state index is 11.4. The van der Waals surface area contributed by atoms with E-state index < -0.39 is 10.0 Å². The Morgan fingerprint density at radius 3 is 2.62 bits per heavy atom. The van der Waals surface area contributed by atoms with Crippen molar-refractivity contribution in [3.8, 4) is 0 Å². The molecular formula is C19H32N4O2S. The zero-order chi connectivity index (χ0) is 19.0.